The first-order valence-electron chi connectivity index (χ1n) is 5.77. The number of nitrogens with one attached hydrogen (secondary N) is 1. The molecule has 0 atom stereocenters. The Morgan fingerprint density at radius 2 is 2.19 bits per heavy atom. The van der Waals surface area contributed by atoms with Crippen molar-refractivity contribution in [1.82, 2.24) is 0 Å². The van der Waals surface area contributed by atoms with Crippen molar-refractivity contribution in [3.63, 3.8) is 0 Å². The van der Waals surface area contributed by atoms with Crippen molar-refractivity contribution in [1.29, 1.82) is 0 Å². The lowest BCUT2D eigenvalue weighted by Gasteiger charge is -2.12. The molecule has 1 rings (SSSR count). The fourth-order valence-corrected chi connectivity index (χ4v) is 1.67. The van der Waals surface area contributed by atoms with Crippen molar-refractivity contribution < 1.29 is 4.79 Å². The smallest absolute Gasteiger partial charge is 0.224 e. The van der Waals surface area contributed by atoms with Crippen molar-refractivity contribution in [2.45, 2.75) is 33.1 Å². The number of carbonyl (C=O) groups is 1. The van der Waals surface area contributed by atoms with Crippen LogP contribution in [0.15, 0.2) is 18.2 Å². The average molecular weight is 220 g/mol. The molecule has 0 aromatic heterocycles. The molecule has 1 aromatic rings. The molecule has 1 amide bonds. The van der Waals surface area contributed by atoms with Crippen LogP contribution >= 0.6 is 0 Å². The molecule has 0 aliphatic rings. The molecule has 0 fully saturated rings. The predicted octanol–water partition coefficient (Wildman–Crippen LogP) is 2.23. The molecule has 1 aromatic carbocycles. The van der Waals surface area contributed by atoms with Crippen molar-refractivity contribution in [2.24, 2.45) is 5.73 Å². The molecule has 88 valence electrons. The first-order chi connectivity index (χ1) is 7.69. The summed E-state index contributed by atoms with van der Waals surface area (Å²) in [5.41, 5.74) is 8.63. The third-order valence-corrected chi connectivity index (χ3v) is 2.61. The highest BCUT2D eigenvalue weighted by atomic mass is 16.1. The summed E-state index contributed by atoms with van der Waals surface area (Å²) in [5.74, 6) is 0.0504. The molecule has 0 saturated carbocycles. The highest BCUT2D eigenvalue weighted by molar-refractivity contribution is 5.92. The summed E-state index contributed by atoms with van der Waals surface area (Å²) in [4.78, 5) is 11.6. The van der Waals surface area contributed by atoms with E-state index in [0.717, 1.165) is 24.1 Å². The molecule has 0 heterocycles. The summed E-state index contributed by atoms with van der Waals surface area (Å²) in [7, 11) is 0. The van der Waals surface area contributed by atoms with Crippen LogP contribution in [0, 0.1) is 6.92 Å². The van der Waals surface area contributed by atoms with Gasteiger partial charge >= 0.3 is 0 Å². The van der Waals surface area contributed by atoms with E-state index >= 15 is 0 Å². The van der Waals surface area contributed by atoms with Gasteiger partial charge in [-0.05, 0) is 37.4 Å². The maximum absolute atomic E-state index is 11.6. The van der Waals surface area contributed by atoms with E-state index in [1.165, 1.54) is 5.56 Å². The maximum atomic E-state index is 11.6. The summed E-state index contributed by atoms with van der Waals surface area (Å²) in [6.45, 7) is 4.66. The second-order valence-corrected chi connectivity index (χ2v) is 3.90. The topological polar surface area (TPSA) is 55.1 Å². The lowest BCUT2D eigenvalue weighted by Crippen LogP contribution is -2.15. The minimum Gasteiger partial charge on any atom is -0.330 e. The Morgan fingerprint density at radius 1 is 1.44 bits per heavy atom. The van der Waals surface area contributed by atoms with Gasteiger partial charge in [-0.25, -0.2) is 0 Å². The van der Waals surface area contributed by atoms with Crippen LogP contribution < -0.4 is 11.1 Å². The van der Waals surface area contributed by atoms with Gasteiger partial charge in [0.05, 0.1) is 0 Å². The number of aryl methyl sites for hydroxylation is 2. The monoisotopic (exact) mass is 220 g/mol. The standard InChI is InChI=1S/C13H20N2O/c1-3-11-7-4-6-10(2)13(11)15-12(16)8-5-9-14/h4,6-7H,3,5,8-9,14H2,1-2H3,(H,15,16). The van der Waals surface area contributed by atoms with Crippen LogP contribution in [-0.4, -0.2) is 12.5 Å². The molecule has 0 bridgehead atoms. The normalized spacial score (nSPS) is 10.2. The number of nitrogens with two attached hydrogens (primary N) is 1. The van der Waals surface area contributed by atoms with E-state index in [0.29, 0.717) is 13.0 Å². The highest BCUT2D eigenvalue weighted by Crippen LogP contribution is 2.21. The fourth-order valence-electron chi connectivity index (χ4n) is 1.67. The summed E-state index contributed by atoms with van der Waals surface area (Å²) >= 11 is 0. The Hall–Kier alpha value is -1.35. The molecule has 0 saturated heterocycles. The van der Waals surface area contributed by atoms with E-state index in [1.807, 2.05) is 25.1 Å². The van der Waals surface area contributed by atoms with E-state index in [1.54, 1.807) is 0 Å². The predicted molar refractivity (Wildman–Crippen MR) is 67.5 cm³/mol. The van der Waals surface area contributed by atoms with E-state index in [2.05, 4.69) is 12.2 Å². The van der Waals surface area contributed by atoms with Crippen LogP contribution in [0.1, 0.15) is 30.9 Å². The Morgan fingerprint density at radius 3 is 2.81 bits per heavy atom. The number of carbonyl (C=O) groups excluding carboxylic acids is 1. The van der Waals surface area contributed by atoms with Crippen LogP contribution in [0.3, 0.4) is 0 Å². The minimum absolute atomic E-state index is 0.0504. The zero-order valence-electron chi connectivity index (χ0n) is 10.0. The molecular weight excluding hydrogens is 200 g/mol. The van der Waals surface area contributed by atoms with Crippen molar-refractivity contribution in [3.8, 4) is 0 Å². The maximum Gasteiger partial charge on any atom is 0.224 e. The van der Waals surface area contributed by atoms with Gasteiger partial charge in [0, 0.05) is 12.1 Å². The molecule has 16 heavy (non-hydrogen) atoms. The fraction of sp³-hybridized carbons (Fsp3) is 0.462. The molecule has 0 spiro atoms. The SMILES string of the molecule is CCc1cccc(C)c1NC(=O)CCCN. The summed E-state index contributed by atoms with van der Waals surface area (Å²) in [6.07, 6.45) is 2.15. The third kappa shape index (κ3) is 3.35. The van der Waals surface area contributed by atoms with Gasteiger partial charge in [-0.1, -0.05) is 25.1 Å². The van der Waals surface area contributed by atoms with Gasteiger partial charge in [0.2, 0.25) is 5.91 Å². The van der Waals surface area contributed by atoms with E-state index < -0.39 is 0 Å². The lowest BCUT2D eigenvalue weighted by atomic mass is 10.1. The van der Waals surface area contributed by atoms with Crippen LogP contribution in [-0.2, 0) is 11.2 Å². The molecule has 0 aliphatic heterocycles. The number of amides is 1. The molecule has 3 N–H and O–H groups in total. The van der Waals surface area contributed by atoms with Gasteiger partial charge in [-0.15, -0.1) is 0 Å². The van der Waals surface area contributed by atoms with Gasteiger partial charge in [0.15, 0.2) is 0 Å². The van der Waals surface area contributed by atoms with Crippen molar-refractivity contribution in [3.05, 3.63) is 29.3 Å². The van der Waals surface area contributed by atoms with Crippen LogP contribution in [0.4, 0.5) is 5.69 Å². The van der Waals surface area contributed by atoms with E-state index in [9.17, 15) is 4.79 Å². The van der Waals surface area contributed by atoms with Gasteiger partial charge in [0.25, 0.3) is 0 Å². The first-order valence-corrected chi connectivity index (χ1v) is 5.77. The zero-order valence-corrected chi connectivity index (χ0v) is 10.0. The van der Waals surface area contributed by atoms with E-state index in [4.69, 9.17) is 5.73 Å². The zero-order chi connectivity index (χ0) is 12.0. The first kappa shape index (κ1) is 12.7. The molecule has 0 aliphatic carbocycles. The number of anilines is 1. The quantitative estimate of drug-likeness (QED) is 0.799. The second kappa shape index (κ2) is 6.28. The Bertz CT molecular complexity index is 361. The van der Waals surface area contributed by atoms with Gasteiger partial charge in [-0.3, -0.25) is 4.79 Å². The number of hydrogen-bond donors (Lipinski definition) is 2. The van der Waals surface area contributed by atoms with Crippen LogP contribution in [0.2, 0.25) is 0 Å². The number of benzene rings is 1. The number of para-hydroxylation sites is 1. The van der Waals surface area contributed by atoms with Gasteiger partial charge in [0.1, 0.15) is 0 Å². The van der Waals surface area contributed by atoms with Gasteiger partial charge < -0.3 is 11.1 Å². The summed E-state index contributed by atoms with van der Waals surface area (Å²) < 4.78 is 0. The third-order valence-electron chi connectivity index (χ3n) is 2.61. The molecular formula is C13H20N2O. The van der Waals surface area contributed by atoms with Crippen LogP contribution in [0.5, 0.6) is 0 Å². The van der Waals surface area contributed by atoms with Gasteiger partial charge in [-0.2, -0.15) is 0 Å². The molecule has 0 radical (unpaired) electrons. The van der Waals surface area contributed by atoms with E-state index in [-0.39, 0.29) is 5.91 Å². The Labute approximate surface area is 97.0 Å². The molecule has 3 heteroatoms. The van der Waals surface area contributed by atoms with Crippen molar-refractivity contribution in [2.75, 3.05) is 11.9 Å². The van der Waals surface area contributed by atoms with Crippen LogP contribution in [0.25, 0.3) is 0 Å². The lowest BCUT2D eigenvalue weighted by molar-refractivity contribution is -0.116. The second-order valence-electron chi connectivity index (χ2n) is 3.90. The number of rotatable bonds is 5. The molecule has 0 unspecified atom stereocenters. The van der Waals surface area contributed by atoms with Crippen molar-refractivity contribution >= 4 is 11.6 Å². The Kier molecular flexibility index (Phi) is 4.99. The summed E-state index contributed by atoms with van der Waals surface area (Å²) in [6, 6.07) is 6.08. The Balaban J connectivity index is 2.75. The largest absolute Gasteiger partial charge is 0.330 e. The average Bonchev–Trinajstić information content (AvgIpc) is 2.29. The highest BCUT2D eigenvalue weighted by Gasteiger charge is 2.07. The number of hydrogen-bond acceptors (Lipinski definition) is 2. The summed E-state index contributed by atoms with van der Waals surface area (Å²) in [5, 5.41) is 2.97. The molecule has 3 nitrogen and oxygen atoms in total. The minimum atomic E-state index is 0.0504.